The molecule has 90 valence electrons. The highest BCUT2D eigenvalue weighted by atomic mass is 19.2. The van der Waals surface area contributed by atoms with Crippen molar-refractivity contribution in [3.8, 4) is 0 Å². The molecule has 1 atom stereocenters. The van der Waals surface area contributed by atoms with E-state index in [2.05, 4.69) is 5.43 Å². The first-order chi connectivity index (χ1) is 7.54. The minimum absolute atomic E-state index is 0.0566. The first-order valence-corrected chi connectivity index (χ1v) is 5.07. The molecule has 3 nitrogen and oxygen atoms in total. The average molecular weight is 230 g/mol. The highest BCUT2D eigenvalue weighted by Crippen LogP contribution is 2.16. The molecule has 0 saturated carbocycles. The van der Waals surface area contributed by atoms with Gasteiger partial charge in [0.15, 0.2) is 11.6 Å². The van der Waals surface area contributed by atoms with Crippen LogP contribution in [0, 0.1) is 11.6 Å². The van der Waals surface area contributed by atoms with Crippen LogP contribution in [0.3, 0.4) is 0 Å². The highest BCUT2D eigenvalue weighted by molar-refractivity contribution is 5.21. The van der Waals surface area contributed by atoms with E-state index in [-0.39, 0.29) is 12.1 Å². The Bertz CT molecular complexity index is 345. The summed E-state index contributed by atoms with van der Waals surface area (Å²) in [5, 5.41) is 0. The molecule has 0 amide bonds. The molecular weight excluding hydrogens is 214 g/mol. The molecule has 1 rings (SSSR count). The Balaban J connectivity index is 2.74. The van der Waals surface area contributed by atoms with Gasteiger partial charge in [0.1, 0.15) is 0 Å². The normalized spacial score (nSPS) is 13.1. The number of rotatable bonds is 5. The van der Waals surface area contributed by atoms with E-state index in [0.29, 0.717) is 12.2 Å². The largest absolute Gasteiger partial charge is 0.377 e. The maximum Gasteiger partial charge on any atom is 0.159 e. The highest BCUT2D eigenvalue weighted by Gasteiger charge is 2.13. The summed E-state index contributed by atoms with van der Waals surface area (Å²) in [5.41, 5.74) is 3.06. The van der Waals surface area contributed by atoms with Gasteiger partial charge in [-0.15, -0.1) is 0 Å². The standard InChI is InChI=1S/C11H16F2N2O/c1-7(2)16-6-11(15-14)8-3-4-9(12)10(13)5-8/h3-5,7,11,15H,6,14H2,1-2H3. The number of hydrogen-bond donors (Lipinski definition) is 2. The molecule has 5 heteroatoms. The first-order valence-electron chi connectivity index (χ1n) is 5.07. The van der Waals surface area contributed by atoms with Crippen molar-refractivity contribution >= 4 is 0 Å². The van der Waals surface area contributed by atoms with Crippen LogP contribution in [0.5, 0.6) is 0 Å². The van der Waals surface area contributed by atoms with E-state index in [9.17, 15) is 8.78 Å². The van der Waals surface area contributed by atoms with Crippen molar-refractivity contribution in [2.75, 3.05) is 6.61 Å². The zero-order valence-electron chi connectivity index (χ0n) is 9.34. The molecule has 16 heavy (non-hydrogen) atoms. The summed E-state index contributed by atoms with van der Waals surface area (Å²) in [6.45, 7) is 4.08. The van der Waals surface area contributed by atoms with Gasteiger partial charge in [0.25, 0.3) is 0 Å². The molecule has 0 heterocycles. The maximum absolute atomic E-state index is 13.0. The predicted molar refractivity (Wildman–Crippen MR) is 57.5 cm³/mol. The minimum atomic E-state index is -0.887. The lowest BCUT2D eigenvalue weighted by Crippen LogP contribution is -2.32. The number of nitrogens with two attached hydrogens (primary N) is 1. The van der Waals surface area contributed by atoms with Gasteiger partial charge in [-0.2, -0.15) is 0 Å². The van der Waals surface area contributed by atoms with Gasteiger partial charge in [-0.25, -0.2) is 8.78 Å². The Kier molecular flexibility index (Phi) is 4.79. The Morgan fingerprint density at radius 1 is 1.31 bits per heavy atom. The van der Waals surface area contributed by atoms with Gasteiger partial charge in [-0.05, 0) is 31.5 Å². The van der Waals surface area contributed by atoms with Crippen molar-refractivity contribution in [1.29, 1.82) is 0 Å². The zero-order chi connectivity index (χ0) is 12.1. The maximum atomic E-state index is 13.0. The first kappa shape index (κ1) is 13.0. The van der Waals surface area contributed by atoms with Crippen molar-refractivity contribution in [1.82, 2.24) is 5.43 Å². The van der Waals surface area contributed by atoms with Crippen LogP contribution in [0.15, 0.2) is 18.2 Å². The fraction of sp³-hybridized carbons (Fsp3) is 0.455. The Labute approximate surface area is 93.6 Å². The van der Waals surface area contributed by atoms with E-state index in [0.717, 1.165) is 12.1 Å². The molecule has 1 aromatic carbocycles. The van der Waals surface area contributed by atoms with Crippen molar-refractivity contribution in [2.24, 2.45) is 5.84 Å². The number of hydrogen-bond acceptors (Lipinski definition) is 3. The number of hydrazine groups is 1. The molecule has 0 aliphatic rings. The van der Waals surface area contributed by atoms with Crippen LogP contribution in [-0.2, 0) is 4.74 Å². The second-order valence-corrected chi connectivity index (χ2v) is 3.77. The Morgan fingerprint density at radius 3 is 2.50 bits per heavy atom. The summed E-state index contributed by atoms with van der Waals surface area (Å²) in [4.78, 5) is 0. The third-order valence-corrected chi connectivity index (χ3v) is 2.14. The van der Waals surface area contributed by atoms with Crippen LogP contribution in [0.1, 0.15) is 25.5 Å². The molecule has 0 fully saturated rings. The topological polar surface area (TPSA) is 47.3 Å². The third kappa shape index (κ3) is 3.52. The van der Waals surface area contributed by atoms with Gasteiger partial charge in [-0.1, -0.05) is 6.07 Å². The van der Waals surface area contributed by atoms with Crippen molar-refractivity contribution in [2.45, 2.75) is 26.0 Å². The molecule has 1 aromatic rings. The third-order valence-electron chi connectivity index (χ3n) is 2.14. The van der Waals surface area contributed by atoms with Gasteiger partial charge in [-0.3, -0.25) is 11.3 Å². The van der Waals surface area contributed by atoms with Gasteiger partial charge in [0, 0.05) is 0 Å². The molecule has 0 aliphatic carbocycles. The number of ether oxygens (including phenoxy) is 1. The lowest BCUT2D eigenvalue weighted by molar-refractivity contribution is 0.0611. The molecule has 0 spiro atoms. The van der Waals surface area contributed by atoms with Gasteiger partial charge in [0.2, 0.25) is 0 Å². The van der Waals surface area contributed by atoms with E-state index in [1.165, 1.54) is 6.07 Å². The molecule has 0 bridgehead atoms. The van der Waals surface area contributed by atoms with Gasteiger partial charge < -0.3 is 4.74 Å². The second-order valence-electron chi connectivity index (χ2n) is 3.77. The summed E-state index contributed by atoms with van der Waals surface area (Å²) in [6.07, 6.45) is 0.0566. The molecule has 3 N–H and O–H groups in total. The average Bonchev–Trinajstić information content (AvgIpc) is 2.23. The van der Waals surface area contributed by atoms with E-state index in [1.54, 1.807) is 0 Å². The summed E-state index contributed by atoms with van der Waals surface area (Å²) in [5.74, 6) is 3.58. The van der Waals surface area contributed by atoms with E-state index >= 15 is 0 Å². The van der Waals surface area contributed by atoms with Crippen molar-refractivity contribution in [3.05, 3.63) is 35.4 Å². The fourth-order valence-corrected chi connectivity index (χ4v) is 1.26. The Morgan fingerprint density at radius 2 is 2.00 bits per heavy atom. The summed E-state index contributed by atoms with van der Waals surface area (Å²) in [6, 6.07) is 3.32. The number of nitrogens with one attached hydrogen (secondary N) is 1. The lowest BCUT2D eigenvalue weighted by atomic mass is 10.1. The summed E-state index contributed by atoms with van der Waals surface area (Å²) in [7, 11) is 0. The predicted octanol–water partition coefficient (Wildman–Crippen LogP) is 1.89. The molecule has 0 radical (unpaired) electrons. The van der Waals surface area contributed by atoms with Crippen LogP contribution in [0.25, 0.3) is 0 Å². The van der Waals surface area contributed by atoms with E-state index in [4.69, 9.17) is 10.6 Å². The quantitative estimate of drug-likeness (QED) is 0.600. The van der Waals surface area contributed by atoms with Gasteiger partial charge >= 0.3 is 0 Å². The lowest BCUT2D eigenvalue weighted by Gasteiger charge is -2.18. The van der Waals surface area contributed by atoms with E-state index < -0.39 is 11.6 Å². The zero-order valence-corrected chi connectivity index (χ0v) is 9.34. The molecular formula is C11H16F2N2O. The molecule has 0 aliphatic heterocycles. The summed E-state index contributed by atoms with van der Waals surface area (Å²) < 4.78 is 31.1. The van der Waals surface area contributed by atoms with E-state index in [1.807, 2.05) is 13.8 Å². The van der Waals surface area contributed by atoms with Crippen LogP contribution in [0.4, 0.5) is 8.78 Å². The van der Waals surface area contributed by atoms with Crippen molar-refractivity contribution in [3.63, 3.8) is 0 Å². The molecule has 0 saturated heterocycles. The molecule has 1 unspecified atom stereocenters. The van der Waals surface area contributed by atoms with Crippen LogP contribution in [0.2, 0.25) is 0 Å². The van der Waals surface area contributed by atoms with Crippen molar-refractivity contribution < 1.29 is 13.5 Å². The van der Waals surface area contributed by atoms with Crippen LogP contribution >= 0.6 is 0 Å². The number of halogens is 2. The molecule has 0 aromatic heterocycles. The monoisotopic (exact) mass is 230 g/mol. The second kappa shape index (κ2) is 5.89. The Hall–Kier alpha value is -1.04. The fourth-order valence-electron chi connectivity index (χ4n) is 1.26. The summed E-state index contributed by atoms with van der Waals surface area (Å²) >= 11 is 0. The van der Waals surface area contributed by atoms with Gasteiger partial charge in [0.05, 0.1) is 18.8 Å². The van der Waals surface area contributed by atoms with Crippen LogP contribution < -0.4 is 11.3 Å². The smallest absolute Gasteiger partial charge is 0.159 e. The van der Waals surface area contributed by atoms with Crippen LogP contribution in [-0.4, -0.2) is 12.7 Å². The SMILES string of the molecule is CC(C)OCC(NN)c1ccc(F)c(F)c1. The number of benzene rings is 1. The minimum Gasteiger partial charge on any atom is -0.377 e.